The minimum atomic E-state index is -4.77. The fourth-order valence-electron chi connectivity index (χ4n) is 7.93. The van der Waals surface area contributed by atoms with Crippen LogP contribution in [0.4, 0.5) is 26.3 Å². The smallest absolute Gasteiger partial charge is 0.416 e. The van der Waals surface area contributed by atoms with E-state index in [1.807, 2.05) is 55.4 Å². The number of nitrogens with zero attached hydrogens (tertiary/aromatic N) is 2. The van der Waals surface area contributed by atoms with E-state index in [-0.39, 0.29) is 46.8 Å². The summed E-state index contributed by atoms with van der Waals surface area (Å²) >= 11 is 0. The second-order valence-electron chi connectivity index (χ2n) is 16.6. The summed E-state index contributed by atoms with van der Waals surface area (Å²) in [5.74, 6) is -5.32. The van der Waals surface area contributed by atoms with Gasteiger partial charge < -0.3 is 19.7 Å². The summed E-state index contributed by atoms with van der Waals surface area (Å²) in [4.78, 5) is 31.4. The van der Waals surface area contributed by atoms with Crippen molar-refractivity contribution in [3.8, 4) is 11.5 Å². The van der Waals surface area contributed by atoms with Crippen LogP contribution in [0.25, 0.3) is 0 Å². The number of rotatable bonds is 19. The van der Waals surface area contributed by atoms with Gasteiger partial charge in [0.25, 0.3) is 0 Å². The van der Waals surface area contributed by atoms with Gasteiger partial charge in [0.05, 0.1) is 11.1 Å². The molecule has 0 saturated heterocycles. The van der Waals surface area contributed by atoms with Crippen molar-refractivity contribution in [3.05, 3.63) is 130 Å². The first kappa shape index (κ1) is 49.9. The molecule has 0 aliphatic carbocycles. The van der Waals surface area contributed by atoms with Crippen LogP contribution in [0.1, 0.15) is 113 Å². The van der Waals surface area contributed by atoms with Crippen LogP contribution < -0.4 is 9.47 Å². The first-order chi connectivity index (χ1) is 29.0. The van der Waals surface area contributed by atoms with Gasteiger partial charge in [-0.3, -0.25) is 9.80 Å². The summed E-state index contributed by atoms with van der Waals surface area (Å²) in [5.41, 5.74) is -0.809. The molecule has 62 heavy (non-hydrogen) atoms. The number of aliphatic hydroxyl groups excluding tert-OH is 2. The monoisotopic (exact) mass is 872 g/mol. The zero-order valence-corrected chi connectivity index (χ0v) is 36.4. The zero-order chi connectivity index (χ0) is 46.1. The molecular formula is C48H58F6N2O6. The van der Waals surface area contributed by atoms with E-state index in [1.54, 1.807) is 60.7 Å². The average Bonchev–Trinajstić information content (AvgIpc) is 3.20. The Balaban J connectivity index is 1.69. The Kier molecular flexibility index (Phi) is 17.3. The average molecular weight is 873 g/mol. The minimum absolute atomic E-state index is 0.0223. The van der Waals surface area contributed by atoms with Crippen LogP contribution in [-0.4, -0.2) is 81.4 Å². The van der Waals surface area contributed by atoms with Crippen LogP contribution in [-0.2, 0) is 21.9 Å². The van der Waals surface area contributed by atoms with Gasteiger partial charge in [0.15, 0.2) is 12.2 Å². The molecule has 4 unspecified atom stereocenters. The van der Waals surface area contributed by atoms with E-state index in [0.717, 1.165) is 36.4 Å². The van der Waals surface area contributed by atoms with Crippen LogP contribution in [0.15, 0.2) is 97.1 Å². The Morgan fingerprint density at radius 2 is 0.823 bits per heavy atom. The van der Waals surface area contributed by atoms with Gasteiger partial charge in [0, 0.05) is 47.1 Å². The lowest BCUT2D eigenvalue weighted by molar-refractivity contribution is -0.162. The maximum Gasteiger partial charge on any atom is 0.416 e. The fourth-order valence-corrected chi connectivity index (χ4v) is 7.93. The van der Waals surface area contributed by atoms with Crippen molar-refractivity contribution in [2.45, 2.75) is 129 Å². The summed E-state index contributed by atoms with van der Waals surface area (Å²) in [5, 5.41) is 22.0. The maximum absolute atomic E-state index is 14.2. The van der Waals surface area contributed by atoms with Crippen molar-refractivity contribution in [1.82, 2.24) is 9.80 Å². The number of hydrogen-bond donors (Lipinski definition) is 2. The lowest BCUT2D eigenvalue weighted by atomic mass is 9.86. The number of hydrogen-bond acceptors (Lipinski definition) is 8. The molecule has 0 aliphatic heterocycles. The first-order valence-corrected chi connectivity index (χ1v) is 20.8. The Hall–Kier alpha value is -4.76. The van der Waals surface area contributed by atoms with E-state index >= 15 is 0 Å². The second-order valence-corrected chi connectivity index (χ2v) is 16.6. The number of alkyl halides is 6. The first-order valence-electron chi connectivity index (χ1n) is 20.8. The predicted octanol–water partition coefficient (Wildman–Crippen LogP) is 10.2. The molecule has 4 aromatic carbocycles. The van der Waals surface area contributed by atoms with Gasteiger partial charge in [0.2, 0.25) is 0 Å². The molecule has 0 aromatic heterocycles. The Bertz CT molecular complexity index is 1890. The maximum atomic E-state index is 14.2. The highest BCUT2D eigenvalue weighted by Gasteiger charge is 2.38. The number of carbonyl (C=O) groups is 2. The van der Waals surface area contributed by atoms with E-state index in [1.165, 1.54) is 0 Å². The summed E-state index contributed by atoms with van der Waals surface area (Å²) in [6.45, 7) is 16.9. The largest absolute Gasteiger partial charge is 0.424 e. The number of ether oxygens (including phenoxy) is 2. The highest BCUT2D eigenvalue weighted by Crippen LogP contribution is 2.42. The number of esters is 2. The Labute approximate surface area is 360 Å². The molecule has 0 bridgehead atoms. The summed E-state index contributed by atoms with van der Waals surface area (Å²) in [6, 6.07) is 22.9. The standard InChI is InChI=1S/C48H58F6N2O6/c1-29(2)55(30(3)4)25-23-37(33-15-11-9-12-16-33)39-27-35(47(49,50)51)19-21-41(39)61-45(59)43(57)44(58)46(60)62-42-22-20-36(48(52,53)54)28-40(42)38(34-17-13-10-14-18-34)24-26-56(31(5)6)32(7)8/h9-22,27-32,37-38,43-44,57-58H,23-26H2,1-8H3. The van der Waals surface area contributed by atoms with E-state index in [0.29, 0.717) is 37.1 Å². The van der Waals surface area contributed by atoms with Crippen LogP contribution in [0.5, 0.6) is 11.5 Å². The molecule has 14 heteroatoms. The molecule has 0 spiro atoms. The Morgan fingerprint density at radius 1 is 0.516 bits per heavy atom. The third-order valence-corrected chi connectivity index (χ3v) is 11.0. The lowest BCUT2D eigenvalue weighted by Gasteiger charge is -2.32. The van der Waals surface area contributed by atoms with E-state index in [2.05, 4.69) is 9.80 Å². The molecule has 0 saturated carbocycles. The van der Waals surface area contributed by atoms with Gasteiger partial charge >= 0.3 is 24.3 Å². The van der Waals surface area contributed by atoms with Gasteiger partial charge in [0.1, 0.15) is 11.5 Å². The molecule has 0 heterocycles. The van der Waals surface area contributed by atoms with E-state index in [4.69, 9.17) is 9.47 Å². The third kappa shape index (κ3) is 13.1. The molecule has 0 radical (unpaired) electrons. The van der Waals surface area contributed by atoms with Crippen LogP contribution >= 0.6 is 0 Å². The van der Waals surface area contributed by atoms with Crippen molar-refractivity contribution >= 4 is 11.9 Å². The van der Waals surface area contributed by atoms with Crippen LogP contribution in [0.3, 0.4) is 0 Å². The molecule has 4 atom stereocenters. The Morgan fingerprint density at radius 3 is 1.10 bits per heavy atom. The zero-order valence-electron chi connectivity index (χ0n) is 36.4. The van der Waals surface area contributed by atoms with E-state index in [9.17, 15) is 46.1 Å². The van der Waals surface area contributed by atoms with Crippen molar-refractivity contribution < 1.29 is 55.6 Å². The summed E-state index contributed by atoms with van der Waals surface area (Å²) in [7, 11) is 0. The predicted molar refractivity (Wildman–Crippen MR) is 226 cm³/mol. The highest BCUT2D eigenvalue weighted by molar-refractivity contribution is 5.87. The molecular weight excluding hydrogens is 815 g/mol. The molecule has 0 fully saturated rings. The van der Waals surface area contributed by atoms with Gasteiger partial charge in [-0.2, -0.15) is 26.3 Å². The fraction of sp³-hybridized carbons (Fsp3) is 0.458. The van der Waals surface area contributed by atoms with Crippen molar-refractivity contribution in [3.63, 3.8) is 0 Å². The van der Waals surface area contributed by atoms with Gasteiger partial charge in [-0.25, -0.2) is 9.59 Å². The summed E-state index contributed by atoms with van der Waals surface area (Å²) < 4.78 is 95.9. The van der Waals surface area contributed by atoms with Gasteiger partial charge in [-0.05, 0) is 129 Å². The van der Waals surface area contributed by atoms with Crippen molar-refractivity contribution in [1.29, 1.82) is 0 Å². The number of benzene rings is 4. The summed E-state index contributed by atoms with van der Waals surface area (Å²) in [6.07, 6.45) is -14.2. The van der Waals surface area contributed by atoms with Crippen LogP contribution in [0, 0.1) is 0 Å². The molecule has 0 amide bonds. The highest BCUT2D eigenvalue weighted by atomic mass is 19.4. The lowest BCUT2D eigenvalue weighted by Crippen LogP contribution is -2.44. The number of aliphatic hydroxyl groups is 2. The molecule has 4 rings (SSSR count). The SMILES string of the molecule is CC(C)N(CCC(c1ccccc1)c1cc(C(F)(F)F)ccc1OC(=O)C(O)C(O)C(=O)Oc1ccc(C(F)(F)F)cc1C(CCN(C(C)C)C(C)C)c1ccccc1)C(C)C. The minimum Gasteiger partial charge on any atom is -0.424 e. The number of halogens is 6. The topological polar surface area (TPSA) is 99.5 Å². The van der Waals surface area contributed by atoms with Gasteiger partial charge in [-0.15, -0.1) is 0 Å². The van der Waals surface area contributed by atoms with Crippen LogP contribution in [0.2, 0.25) is 0 Å². The van der Waals surface area contributed by atoms with Crippen molar-refractivity contribution in [2.24, 2.45) is 0 Å². The molecule has 338 valence electrons. The third-order valence-electron chi connectivity index (χ3n) is 11.0. The van der Waals surface area contributed by atoms with Gasteiger partial charge in [-0.1, -0.05) is 60.7 Å². The second kappa shape index (κ2) is 21.5. The molecule has 4 aromatic rings. The molecule has 8 nitrogen and oxygen atoms in total. The normalized spacial score (nSPS) is 14.5. The molecule has 2 N–H and O–H groups in total. The molecule has 0 aliphatic rings. The quantitative estimate of drug-likeness (QED) is 0.0546. The number of carbonyl (C=O) groups excluding carboxylic acids is 2. The van der Waals surface area contributed by atoms with E-state index < -0.39 is 59.5 Å². The van der Waals surface area contributed by atoms with Crippen molar-refractivity contribution in [2.75, 3.05) is 13.1 Å².